The lowest BCUT2D eigenvalue weighted by molar-refractivity contribution is 0.187. The van der Waals surface area contributed by atoms with Gasteiger partial charge in [-0.15, -0.1) is 0 Å². The number of nitrogens with one attached hydrogen (secondary N) is 1. The molecule has 1 rings (SSSR count). The Morgan fingerprint density at radius 3 is 2.42 bits per heavy atom. The molecular formula is C8H11NO3. The summed E-state index contributed by atoms with van der Waals surface area (Å²) in [5.74, 6) is 0. The summed E-state index contributed by atoms with van der Waals surface area (Å²) < 4.78 is 4.40. The van der Waals surface area contributed by atoms with Gasteiger partial charge in [0.15, 0.2) is 0 Å². The van der Waals surface area contributed by atoms with Crippen molar-refractivity contribution in [3.05, 3.63) is 30.3 Å². The molecule has 0 spiro atoms. The fourth-order valence-electron chi connectivity index (χ4n) is 0.690. The largest absolute Gasteiger partial charge is 0.453 e. The number of hydrogen-bond acceptors (Lipinski definition) is 2. The van der Waals surface area contributed by atoms with Gasteiger partial charge in [-0.25, -0.2) is 4.79 Å². The van der Waals surface area contributed by atoms with Crippen LogP contribution in [-0.2, 0) is 4.74 Å². The molecule has 0 bridgehead atoms. The van der Waals surface area contributed by atoms with Gasteiger partial charge in [-0.05, 0) is 12.1 Å². The molecule has 0 heterocycles. The first-order valence-corrected chi connectivity index (χ1v) is 3.23. The maximum absolute atomic E-state index is 10.6. The van der Waals surface area contributed by atoms with Gasteiger partial charge in [-0.3, -0.25) is 5.32 Å². The van der Waals surface area contributed by atoms with Crippen molar-refractivity contribution in [3.8, 4) is 0 Å². The molecule has 4 heteroatoms. The molecule has 3 N–H and O–H groups in total. The van der Waals surface area contributed by atoms with Crippen molar-refractivity contribution >= 4 is 11.8 Å². The van der Waals surface area contributed by atoms with Crippen LogP contribution in [0.2, 0.25) is 0 Å². The molecule has 0 atom stereocenters. The van der Waals surface area contributed by atoms with Crippen LogP contribution in [0.5, 0.6) is 0 Å². The predicted octanol–water partition coefficient (Wildman–Crippen LogP) is 1.04. The molecule has 0 saturated heterocycles. The smallest absolute Gasteiger partial charge is 0.411 e. The van der Waals surface area contributed by atoms with Crippen LogP contribution in [-0.4, -0.2) is 18.7 Å². The zero-order valence-electron chi connectivity index (χ0n) is 6.70. The van der Waals surface area contributed by atoms with E-state index in [4.69, 9.17) is 0 Å². The predicted molar refractivity (Wildman–Crippen MR) is 46.1 cm³/mol. The third-order valence-corrected chi connectivity index (χ3v) is 1.21. The van der Waals surface area contributed by atoms with E-state index in [0.29, 0.717) is 0 Å². The third-order valence-electron chi connectivity index (χ3n) is 1.21. The minimum absolute atomic E-state index is 0. The summed E-state index contributed by atoms with van der Waals surface area (Å²) in [6.07, 6.45) is -0.448. The standard InChI is InChI=1S/C8H9NO2.H2O/c1-11-8(10)9-7-5-3-2-4-6-7;/h2-6H,1H3,(H,9,10);1H2. The molecule has 0 aliphatic rings. The number of carbonyl (C=O) groups excluding carboxylic acids is 1. The van der Waals surface area contributed by atoms with Crippen LogP contribution in [0.15, 0.2) is 30.3 Å². The molecule has 0 unspecified atom stereocenters. The van der Waals surface area contributed by atoms with Crippen molar-refractivity contribution in [1.82, 2.24) is 0 Å². The van der Waals surface area contributed by atoms with E-state index in [9.17, 15) is 4.79 Å². The molecule has 1 aromatic carbocycles. The average molecular weight is 169 g/mol. The number of carbonyl (C=O) groups is 1. The normalized spacial score (nSPS) is 8.08. The van der Waals surface area contributed by atoms with Crippen LogP contribution in [0.4, 0.5) is 10.5 Å². The van der Waals surface area contributed by atoms with Crippen LogP contribution in [0.25, 0.3) is 0 Å². The van der Waals surface area contributed by atoms with Crippen LogP contribution < -0.4 is 5.32 Å². The van der Waals surface area contributed by atoms with Crippen molar-refractivity contribution in [2.45, 2.75) is 0 Å². The Morgan fingerprint density at radius 1 is 1.33 bits per heavy atom. The van der Waals surface area contributed by atoms with E-state index in [-0.39, 0.29) is 5.48 Å². The lowest BCUT2D eigenvalue weighted by atomic mass is 10.3. The van der Waals surface area contributed by atoms with Crippen molar-refractivity contribution in [3.63, 3.8) is 0 Å². The molecule has 0 fully saturated rings. The second-order valence-electron chi connectivity index (χ2n) is 1.98. The van der Waals surface area contributed by atoms with Crippen LogP contribution >= 0.6 is 0 Å². The van der Waals surface area contributed by atoms with Gasteiger partial charge >= 0.3 is 6.09 Å². The van der Waals surface area contributed by atoms with E-state index in [1.54, 1.807) is 12.1 Å². The Balaban J connectivity index is 0.00000121. The zero-order chi connectivity index (χ0) is 8.10. The Bertz CT molecular complexity index is 235. The fourth-order valence-corrected chi connectivity index (χ4v) is 0.690. The minimum Gasteiger partial charge on any atom is -0.453 e. The Hall–Kier alpha value is -1.55. The summed E-state index contributed by atoms with van der Waals surface area (Å²) >= 11 is 0. The number of rotatable bonds is 1. The summed E-state index contributed by atoms with van der Waals surface area (Å²) in [4.78, 5) is 10.6. The first-order chi connectivity index (χ1) is 5.33. The van der Waals surface area contributed by atoms with Gasteiger partial charge in [0.05, 0.1) is 7.11 Å². The summed E-state index contributed by atoms with van der Waals surface area (Å²) in [6.45, 7) is 0. The van der Waals surface area contributed by atoms with Gasteiger partial charge in [-0.2, -0.15) is 0 Å². The van der Waals surface area contributed by atoms with E-state index in [0.717, 1.165) is 5.69 Å². The molecular weight excluding hydrogens is 158 g/mol. The molecule has 1 aromatic rings. The fraction of sp³-hybridized carbons (Fsp3) is 0.125. The maximum Gasteiger partial charge on any atom is 0.411 e. The Kier molecular flexibility index (Phi) is 4.48. The first-order valence-electron chi connectivity index (χ1n) is 3.23. The topological polar surface area (TPSA) is 69.8 Å². The lowest BCUT2D eigenvalue weighted by Crippen LogP contribution is -2.10. The molecule has 0 radical (unpaired) electrons. The second kappa shape index (κ2) is 5.15. The van der Waals surface area contributed by atoms with Gasteiger partial charge in [-0.1, -0.05) is 18.2 Å². The Morgan fingerprint density at radius 2 is 1.92 bits per heavy atom. The maximum atomic E-state index is 10.6. The number of ether oxygens (including phenoxy) is 1. The monoisotopic (exact) mass is 169 g/mol. The summed E-state index contributed by atoms with van der Waals surface area (Å²) in [7, 11) is 1.33. The van der Waals surface area contributed by atoms with Gasteiger partial charge in [0, 0.05) is 5.69 Å². The van der Waals surface area contributed by atoms with Crippen molar-refractivity contribution in [1.29, 1.82) is 0 Å². The highest BCUT2D eigenvalue weighted by molar-refractivity contribution is 5.84. The third kappa shape index (κ3) is 3.03. The molecule has 0 aliphatic carbocycles. The van der Waals surface area contributed by atoms with Gasteiger partial charge in [0.1, 0.15) is 0 Å². The van der Waals surface area contributed by atoms with Gasteiger partial charge in [0.25, 0.3) is 0 Å². The molecule has 4 nitrogen and oxygen atoms in total. The van der Waals surface area contributed by atoms with E-state index in [2.05, 4.69) is 10.1 Å². The number of amides is 1. The zero-order valence-corrected chi connectivity index (χ0v) is 6.70. The SMILES string of the molecule is COC(=O)Nc1ccccc1.O. The molecule has 0 aliphatic heterocycles. The second-order valence-corrected chi connectivity index (χ2v) is 1.98. The number of hydrogen-bond donors (Lipinski definition) is 1. The quantitative estimate of drug-likeness (QED) is 0.682. The molecule has 1 amide bonds. The van der Waals surface area contributed by atoms with Crippen molar-refractivity contribution < 1.29 is 15.0 Å². The highest BCUT2D eigenvalue weighted by atomic mass is 16.5. The van der Waals surface area contributed by atoms with Crippen LogP contribution in [0, 0.1) is 0 Å². The molecule has 0 saturated carbocycles. The van der Waals surface area contributed by atoms with E-state index in [1.165, 1.54) is 7.11 Å². The van der Waals surface area contributed by atoms with Crippen LogP contribution in [0.3, 0.4) is 0 Å². The van der Waals surface area contributed by atoms with Crippen molar-refractivity contribution in [2.75, 3.05) is 12.4 Å². The average Bonchev–Trinajstić information content (AvgIpc) is 2.06. The summed E-state index contributed by atoms with van der Waals surface area (Å²) in [5.41, 5.74) is 0.736. The number of methoxy groups -OCH3 is 1. The molecule has 0 aromatic heterocycles. The van der Waals surface area contributed by atoms with Gasteiger partial charge in [0.2, 0.25) is 0 Å². The van der Waals surface area contributed by atoms with Crippen LogP contribution in [0.1, 0.15) is 0 Å². The molecule has 12 heavy (non-hydrogen) atoms. The number of para-hydroxylation sites is 1. The van der Waals surface area contributed by atoms with E-state index in [1.807, 2.05) is 18.2 Å². The summed E-state index contributed by atoms with van der Waals surface area (Å²) in [5, 5.41) is 2.53. The number of benzene rings is 1. The first kappa shape index (κ1) is 10.4. The summed E-state index contributed by atoms with van der Waals surface area (Å²) in [6, 6.07) is 9.13. The van der Waals surface area contributed by atoms with E-state index >= 15 is 0 Å². The minimum atomic E-state index is -0.448. The highest BCUT2D eigenvalue weighted by Crippen LogP contribution is 2.04. The van der Waals surface area contributed by atoms with Gasteiger partial charge < -0.3 is 10.2 Å². The lowest BCUT2D eigenvalue weighted by Gasteiger charge is -2.01. The van der Waals surface area contributed by atoms with E-state index < -0.39 is 6.09 Å². The Labute approximate surface area is 70.5 Å². The number of anilines is 1. The highest BCUT2D eigenvalue weighted by Gasteiger charge is 1.96. The van der Waals surface area contributed by atoms with Crippen molar-refractivity contribution in [2.24, 2.45) is 0 Å². The molecule has 66 valence electrons.